The molecule has 9 heteroatoms. The van der Waals surface area contributed by atoms with Gasteiger partial charge in [-0.15, -0.1) is 10.2 Å². The predicted octanol–water partition coefficient (Wildman–Crippen LogP) is 2.73. The number of azo groups is 1. The fraction of sp³-hybridized carbons (Fsp3) is 0.118. The number of fused-ring (bicyclic) bond motifs is 1. The van der Waals surface area contributed by atoms with E-state index < -0.39 is 11.9 Å². The number of primary amides is 1. The Balaban J connectivity index is 2.04. The van der Waals surface area contributed by atoms with E-state index in [1.807, 2.05) is 0 Å². The van der Waals surface area contributed by atoms with Crippen LogP contribution in [0.15, 0.2) is 52.8 Å². The predicted molar refractivity (Wildman–Crippen MR) is 91.9 cm³/mol. The maximum atomic E-state index is 12.1. The highest BCUT2D eigenvalue weighted by Crippen LogP contribution is 2.28. The number of carbonyl (C=O) groups is 2. The molecule has 0 radical (unpaired) electrons. The molecule has 0 aliphatic rings. The summed E-state index contributed by atoms with van der Waals surface area (Å²) in [7, 11) is 0. The number of aromatic hydroxyl groups is 1. The van der Waals surface area contributed by atoms with Crippen LogP contribution in [0.5, 0.6) is 5.75 Å². The number of amides is 1. The molecule has 1 amide bonds. The molecular weight excluding hydrogens is 338 g/mol. The summed E-state index contributed by atoms with van der Waals surface area (Å²) in [5, 5.41) is 18.1. The highest BCUT2D eigenvalue weighted by atomic mass is 16.5. The second-order valence-corrected chi connectivity index (χ2v) is 5.20. The van der Waals surface area contributed by atoms with Crippen LogP contribution in [0.3, 0.4) is 0 Å². The average Bonchev–Trinajstić information content (AvgIpc) is 3.00. The minimum Gasteiger partial charge on any atom is -0.504 e. The molecule has 3 rings (SSSR count). The van der Waals surface area contributed by atoms with E-state index in [1.165, 1.54) is 22.6 Å². The van der Waals surface area contributed by atoms with E-state index in [0.717, 1.165) is 0 Å². The molecule has 3 N–H and O–H groups in total. The number of benzene rings is 1. The van der Waals surface area contributed by atoms with Gasteiger partial charge in [-0.25, -0.2) is 9.78 Å². The number of aromatic nitrogens is 2. The van der Waals surface area contributed by atoms with Crippen LogP contribution in [0.2, 0.25) is 0 Å². The van der Waals surface area contributed by atoms with E-state index in [0.29, 0.717) is 11.3 Å². The first-order valence-corrected chi connectivity index (χ1v) is 7.70. The SMILES string of the molecule is CCOC(=O)c1nc2c(O)cccn2c1N=Nc1ccc(C(N)=O)cc1. The van der Waals surface area contributed by atoms with Crippen molar-refractivity contribution >= 4 is 29.0 Å². The van der Waals surface area contributed by atoms with Gasteiger partial charge in [-0.2, -0.15) is 0 Å². The molecule has 0 bridgehead atoms. The number of nitrogens with zero attached hydrogens (tertiary/aromatic N) is 4. The van der Waals surface area contributed by atoms with Crippen molar-refractivity contribution in [1.82, 2.24) is 9.38 Å². The van der Waals surface area contributed by atoms with Gasteiger partial charge < -0.3 is 15.6 Å². The molecule has 2 aromatic heterocycles. The summed E-state index contributed by atoms with van der Waals surface area (Å²) < 4.78 is 6.42. The molecule has 0 unspecified atom stereocenters. The molecule has 0 aliphatic heterocycles. The van der Waals surface area contributed by atoms with Gasteiger partial charge in [0, 0.05) is 11.8 Å². The Labute approximate surface area is 147 Å². The number of nitrogens with two attached hydrogens (primary N) is 1. The van der Waals surface area contributed by atoms with E-state index in [-0.39, 0.29) is 29.5 Å². The molecule has 0 spiro atoms. The minimum absolute atomic E-state index is 0.0640. The summed E-state index contributed by atoms with van der Waals surface area (Å²) in [5.74, 6) is -1.21. The standard InChI is InChI=1S/C17H15N5O4/c1-2-26-17(25)13-16(22-9-3-4-12(23)15(22)19-13)21-20-11-7-5-10(6-8-11)14(18)24/h3-9,23H,2H2,1H3,(H2,18,24). The van der Waals surface area contributed by atoms with E-state index in [4.69, 9.17) is 10.5 Å². The molecule has 3 aromatic rings. The van der Waals surface area contributed by atoms with Crippen molar-refractivity contribution in [1.29, 1.82) is 0 Å². The summed E-state index contributed by atoms with van der Waals surface area (Å²) in [6.45, 7) is 1.84. The topological polar surface area (TPSA) is 132 Å². The zero-order valence-corrected chi connectivity index (χ0v) is 13.8. The van der Waals surface area contributed by atoms with Gasteiger partial charge in [0.2, 0.25) is 5.91 Å². The smallest absolute Gasteiger partial charge is 0.360 e. The van der Waals surface area contributed by atoms with E-state index in [1.54, 1.807) is 31.3 Å². The fourth-order valence-corrected chi connectivity index (χ4v) is 2.27. The molecular formula is C17H15N5O4. The second kappa shape index (κ2) is 7.01. The highest BCUT2D eigenvalue weighted by molar-refractivity contribution is 5.94. The summed E-state index contributed by atoms with van der Waals surface area (Å²) in [6, 6.07) is 9.19. The lowest BCUT2D eigenvalue weighted by Gasteiger charge is -2.00. The Morgan fingerprint density at radius 1 is 1.23 bits per heavy atom. The number of rotatable bonds is 5. The zero-order valence-electron chi connectivity index (χ0n) is 13.8. The lowest BCUT2D eigenvalue weighted by Crippen LogP contribution is -2.10. The highest BCUT2D eigenvalue weighted by Gasteiger charge is 2.21. The normalized spacial score (nSPS) is 11.1. The fourth-order valence-electron chi connectivity index (χ4n) is 2.27. The van der Waals surface area contributed by atoms with Crippen LogP contribution in [-0.4, -0.2) is 33.0 Å². The number of hydrogen-bond donors (Lipinski definition) is 2. The molecule has 9 nitrogen and oxygen atoms in total. The molecule has 26 heavy (non-hydrogen) atoms. The first kappa shape index (κ1) is 17.1. The molecule has 1 aromatic carbocycles. The zero-order chi connectivity index (χ0) is 18.7. The van der Waals surface area contributed by atoms with Gasteiger partial charge in [-0.1, -0.05) is 0 Å². The van der Waals surface area contributed by atoms with Gasteiger partial charge in [0.1, 0.15) is 0 Å². The van der Waals surface area contributed by atoms with Crippen molar-refractivity contribution in [2.75, 3.05) is 6.61 Å². The first-order valence-electron chi connectivity index (χ1n) is 7.70. The number of hydrogen-bond acceptors (Lipinski definition) is 7. The average molecular weight is 353 g/mol. The lowest BCUT2D eigenvalue weighted by atomic mass is 10.2. The van der Waals surface area contributed by atoms with Crippen molar-refractivity contribution in [2.24, 2.45) is 16.0 Å². The van der Waals surface area contributed by atoms with E-state index in [2.05, 4.69) is 15.2 Å². The third-order valence-electron chi connectivity index (χ3n) is 3.49. The van der Waals surface area contributed by atoms with Gasteiger partial charge in [0.25, 0.3) is 0 Å². The largest absolute Gasteiger partial charge is 0.504 e. The van der Waals surface area contributed by atoms with E-state index in [9.17, 15) is 14.7 Å². The molecule has 0 atom stereocenters. The monoisotopic (exact) mass is 353 g/mol. The van der Waals surface area contributed by atoms with Crippen molar-refractivity contribution in [2.45, 2.75) is 6.92 Å². The summed E-state index contributed by atoms with van der Waals surface area (Å²) in [5.41, 5.74) is 6.08. The van der Waals surface area contributed by atoms with Gasteiger partial charge in [0.05, 0.1) is 12.3 Å². The Kier molecular flexibility index (Phi) is 4.61. The molecule has 0 saturated heterocycles. The van der Waals surface area contributed by atoms with Crippen molar-refractivity contribution in [3.8, 4) is 5.75 Å². The van der Waals surface area contributed by atoms with Crippen LogP contribution in [0.25, 0.3) is 5.65 Å². The Morgan fingerprint density at radius 2 is 1.96 bits per heavy atom. The Hall–Kier alpha value is -3.75. The van der Waals surface area contributed by atoms with Gasteiger partial charge >= 0.3 is 5.97 Å². The molecule has 2 heterocycles. The third-order valence-corrected chi connectivity index (χ3v) is 3.49. The third kappa shape index (κ3) is 3.22. The maximum absolute atomic E-state index is 12.1. The van der Waals surface area contributed by atoms with Crippen LogP contribution < -0.4 is 5.73 Å². The minimum atomic E-state index is -0.673. The van der Waals surface area contributed by atoms with Gasteiger partial charge in [0.15, 0.2) is 22.9 Å². The van der Waals surface area contributed by atoms with Crippen LogP contribution in [0, 0.1) is 0 Å². The molecule has 0 saturated carbocycles. The summed E-state index contributed by atoms with van der Waals surface area (Å²) in [6.07, 6.45) is 1.59. The quantitative estimate of drug-likeness (QED) is 0.537. The molecule has 0 aliphatic carbocycles. The summed E-state index contributed by atoms with van der Waals surface area (Å²) >= 11 is 0. The molecule has 0 fully saturated rings. The number of esters is 1. The lowest BCUT2D eigenvalue weighted by molar-refractivity contribution is 0.0521. The second-order valence-electron chi connectivity index (χ2n) is 5.20. The van der Waals surface area contributed by atoms with Crippen LogP contribution in [0.1, 0.15) is 27.8 Å². The van der Waals surface area contributed by atoms with Crippen LogP contribution in [0.4, 0.5) is 11.5 Å². The number of ether oxygens (including phenoxy) is 1. The number of pyridine rings is 1. The molecule has 132 valence electrons. The van der Waals surface area contributed by atoms with Crippen LogP contribution >= 0.6 is 0 Å². The maximum Gasteiger partial charge on any atom is 0.360 e. The van der Waals surface area contributed by atoms with Crippen molar-refractivity contribution < 1.29 is 19.4 Å². The van der Waals surface area contributed by atoms with E-state index >= 15 is 0 Å². The Bertz CT molecular complexity index is 1010. The Morgan fingerprint density at radius 3 is 2.62 bits per heavy atom. The first-order chi connectivity index (χ1) is 12.5. The van der Waals surface area contributed by atoms with Gasteiger partial charge in [-0.3, -0.25) is 9.20 Å². The number of carbonyl (C=O) groups excluding carboxylic acids is 2. The van der Waals surface area contributed by atoms with Crippen LogP contribution in [-0.2, 0) is 4.74 Å². The van der Waals surface area contributed by atoms with Crippen molar-refractivity contribution in [3.05, 3.63) is 53.9 Å². The summed E-state index contributed by atoms with van der Waals surface area (Å²) in [4.78, 5) is 27.3. The number of imidazole rings is 1. The van der Waals surface area contributed by atoms with Gasteiger partial charge in [-0.05, 0) is 43.3 Å². The van der Waals surface area contributed by atoms with Crippen molar-refractivity contribution in [3.63, 3.8) is 0 Å².